The standard InChI is InChI=1S/C18H25N2O.C2H2F3O2/c1-13(2)20-16(5)9-10-19(20)12-17(21)11-18-14(3)7-6-8-15(18)4;3-2(4,5)1-7-6/h6-10,13H,11-12H2,1-5H3;1,7H/q+1;-1. The van der Waals surface area contributed by atoms with Crippen molar-refractivity contribution in [2.45, 2.75) is 59.8 Å². The van der Waals surface area contributed by atoms with Gasteiger partial charge in [-0.15, -0.1) is 4.68 Å². The fourth-order valence-electron chi connectivity index (χ4n) is 3.00. The van der Waals surface area contributed by atoms with Crippen molar-refractivity contribution in [3.63, 3.8) is 0 Å². The molecule has 28 heavy (non-hydrogen) atoms. The number of rotatable bonds is 6. The predicted octanol–water partition coefficient (Wildman–Crippen LogP) is 3.17. The van der Waals surface area contributed by atoms with Crippen molar-refractivity contribution in [1.29, 1.82) is 0 Å². The van der Waals surface area contributed by atoms with Crippen molar-refractivity contribution in [3.05, 3.63) is 59.5 Å². The molecule has 0 radical (unpaired) electrons. The Morgan fingerprint density at radius 1 is 1.21 bits per heavy atom. The van der Waals surface area contributed by atoms with Gasteiger partial charge in [0.15, 0.2) is 6.20 Å². The monoisotopic (exact) mass is 400 g/mol. The number of ketones is 1. The van der Waals surface area contributed by atoms with Gasteiger partial charge in [0.2, 0.25) is 12.3 Å². The average Bonchev–Trinajstić information content (AvgIpc) is 2.91. The van der Waals surface area contributed by atoms with E-state index in [2.05, 4.69) is 57.5 Å². The van der Waals surface area contributed by atoms with Crippen molar-refractivity contribution in [1.82, 2.24) is 4.68 Å². The minimum Gasteiger partial charge on any atom is -0.582 e. The smallest absolute Gasteiger partial charge is 0.336 e. The Morgan fingerprint density at radius 3 is 2.21 bits per heavy atom. The molecule has 0 saturated carbocycles. The molecule has 0 spiro atoms. The third-order valence-electron chi connectivity index (χ3n) is 4.17. The van der Waals surface area contributed by atoms with Crippen LogP contribution >= 0.6 is 0 Å². The first kappa shape index (κ1) is 23.8. The first-order valence-corrected chi connectivity index (χ1v) is 8.84. The summed E-state index contributed by atoms with van der Waals surface area (Å²) in [5, 5.41) is 8.79. The molecule has 8 heteroatoms. The van der Waals surface area contributed by atoms with Gasteiger partial charge in [-0.25, -0.2) is 0 Å². The Kier molecular flexibility index (Phi) is 8.84. The lowest BCUT2D eigenvalue weighted by atomic mass is 9.98. The lowest BCUT2D eigenvalue weighted by Crippen LogP contribution is -2.47. The normalized spacial score (nSPS) is 11.4. The Balaban J connectivity index is 0.000000480. The van der Waals surface area contributed by atoms with E-state index in [-0.39, 0.29) is 5.78 Å². The summed E-state index contributed by atoms with van der Waals surface area (Å²) >= 11 is 0. The van der Waals surface area contributed by atoms with Gasteiger partial charge in [-0.1, -0.05) is 18.2 Å². The van der Waals surface area contributed by atoms with E-state index in [1.807, 2.05) is 16.9 Å². The summed E-state index contributed by atoms with van der Waals surface area (Å²) in [6.07, 6.45) is -2.05. The Hall–Kier alpha value is -2.19. The third-order valence-corrected chi connectivity index (χ3v) is 4.17. The van der Waals surface area contributed by atoms with Crippen LogP contribution in [0.4, 0.5) is 13.2 Å². The number of aliphatic hydroxyl groups is 1. The van der Waals surface area contributed by atoms with E-state index in [4.69, 9.17) is 5.26 Å². The van der Waals surface area contributed by atoms with E-state index in [9.17, 15) is 18.0 Å². The molecule has 0 unspecified atom stereocenters. The maximum absolute atomic E-state index is 12.4. The van der Waals surface area contributed by atoms with E-state index in [0.29, 0.717) is 19.0 Å². The van der Waals surface area contributed by atoms with Crippen LogP contribution in [0.2, 0.25) is 0 Å². The number of Topliss-reactive ketones (excluding diaryl/α,β-unsaturated/α-hetero) is 1. The van der Waals surface area contributed by atoms with Crippen LogP contribution in [0.3, 0.4) is 0 Å². The van der Waals surface area contributed by atoms with E-state index in [0.717, 1.165) is 0 Å². The molecule has 1 aromatic heterocycles. The molecule has 0 bridgehead atoms. The van der Waals surface area contributed by atoms with Crippen molar-refractivity contribution < 1.29 is 32.8 Å². The van der Waals surface area contributed by atoms with Gasteiger partial charge in [-0.05, 0) is 51.3 Å². The van der Waals surface area contributed by atoms with E-state index >= 15 is 0 Å². The summed E-state index contributed by atoms with van der Waals surface area (Å²) in [6, 6.07) is 8.61. The number of aromatic nitrogens is 2. The lowest BCUT2D eigenvalue weighted by molar-refractivity contribution is -0.767. The fraction of sp³-hybridized carbons (Fsp3) is 0.450. The Labute approximate surface area is 163 Å². The highest BCUT2D eigenvalue weighted by Crippen LogP contribution is 2.16. The Morgan fingerprint density at radius 2 is 1.79 bits per heavy atom. The lowest BCUT2D eigenvalue weighted by Gasteiger charge is -2.13. The molecular formula is C20H27F3N2O3. The fourth-order valence-corrected chi connectivity index (χ4v) is 3.00. The number of alkyl halides is 3. The molecule has 0 atom stereocenters. The van der Waals surface area contributed by atoms with Gasteiger partial charge < -0.3 is 10.1 Å². The maximum Gasteiger partial charge on any atom is 0.336 e. The number of carbonyl (C=O) groups is 1. The molecule has 0 aliphatic heterocycles. The van der Waals surface area contributed by atoms with Gasteiger partial charge in [0, 0.05) is 12.5 Å². The number of hydrogen-bond donors (Lipinski definition) is 0. The van der Waals surface area contributed by atoms with Crippen LogP contribution in [0.25, 0.3) is 0 Å². The summed E-state index contributed by atoms with van der Waals surface area (Å²) in [7, 11) is 0. The molecule has 0 saturated heterocycles. The van der Waals surface area contributed by atoms with Crippen LogP contribution in [-0.2, 0) is 17.8 Å². The molecule has 2 aromatic rings. The second-order valence-electron chi connectivity index (χ2n) is 6.85. The summed E-state index contributed by atoms with van der Waals surface area (Å²) in [4.78, 5) is 13.9. The zero-order chi connectivity index (χ0) is 21.5. The molecule has 5 nitrogen and oxygen atoms in total. The predicted molar refractivity (Wildman–Crippen MR) is 97.4 cm³/mol. The first-order chi connectivity index (χ1) is 13.0. The minimum absolute atomic E-state index is 0.248. The van der Waals surface area contributed by atoms with Gasteiger partial charge in [0.25, 0.3) is 0 Å². The highest BCUT2D eigenvalue weighted by atomic mass is 19.4. The van der Waals surface area contributed by atoms with Crippen LogP contribution in [0.5, 0.6) is 0 Å². The summed E-state index contributed by atoms with van der Waals surface area (Å²) in [6.45, 7) is 10.3. The first-order valence-electron chi connectivity index (χ1n) is 8.84. The van der Waals surface area contributed by atoms with Gasteiger partial charge >= 0.3 is 6.18 Å². The minimum atomic E-state index is -4.55. The van der Waals surface area contributed by atoms with Gasteiger partial charge in [0.1, 0.15) is 0 Å². The average molecular weight is 400 g/mol. The molecule has 2 rings (SSSR count). The Bertz CT molecular complexity index is 763. The largest absolute Gasteiger partial charge is 0.582 e. The van der Waals surface area contributed by atoms with Crippen LogP contribution < -0.4 is 9.94 Å². The van der Waals surface area contributed by atoms with E-state index in [1.165, 1.54) is 27.3 Å². The summed E-state index contributed by atoms with van der Waals surface area (Å²) in [5.41, 5.74) is 4.75. The molecule has 156 valence electrons. The van der Waals surface area contributed by atoms with Gasteiger partial charge in [0.05, 0.1) is 18.3 Å². The molecule has 0 fully saturated rings. The number of halogens is 3. The molecule has 1 N–H and O–H groups in total. The van der Waals surface area contributed by atoms with Gasteiger partial charge in [-0.2, -0.15) is 17.9 Å². The molecule has 0 aliphatic rings. The van der Waals surface area contributed by atoms with Gasteiger partial charge in [-0.3, -0.25) is 4.79 Å². The number of carbonyl (C=O) groups excluding carboxylic acids is 1. The van der Waals surface area contributed by atoms with Crippen molar-refractivity contribution in [2.75, 3.05) is 0 Å². The van der Waals surface area contributed by atoms with E-state index < -0.39 is 12.8 Å². The molecule has 0 aliphatic carbocycles. The second-order valence-corrected chi connectivity index (χ2v) is 6.85. The molecule has 1 heterocycles. The molecule has 0 amide bonds. The summed E-state index contributed by atoms with van der Waals surface area (Å²) in [5.74, 6) is 0.248. The van der Waals surface area contributed by atoms with Crippen molar-refractivity contribution in [3.8, 4) is 0 Å². The van der Waals surface area contributed by atoms with Crippen molar-refractivity contribution >= 4 is 5.78 Å². The van der Waals surface area contributed by atoms with Crippen LogP contribution in [-0.4, -0.2) is 21.5 Å². The SMILES string of the molecule is Cc1cccc(C)c1CC(=O)C[n+]1ccc(C)n1C(C)C.[O-][OH+][CH-]C(F)(F)F. The molecular weight excluding hydrogens is 373 g/mol. The highest BCUT2D eigenvalue weighted by molar-refractivity contribution is 5.80. The third kappa shape index (κ3) is 7.44. The van der Waals surface area contributed by atoms with Crippen LogP contribution in [0, 0.1) is 27.4 Å². The summed E-state index contributed by atoms with van der Waals surface area (Å²) < 4.78 is 36.3. The number of benzene rings is 1. The second kappa shape index (κ2) is 10.4. The highest BCUT2D eigenvalue weighted by Gasteiger charge is 2.20. The zero-order valence-corrected chi connectivity index (χ0v) is 16.7. The topological polar surface area (TPSA) is 61.7 Å². The van der Waals surface area contributed by atoms with Crippen LogP contribution in [0.15, 0.2) is 30.5 Å². The maximum atomic E-state index is 12.4. The number of nitrogens with zero attached hydrogens (tertiary/aromatic N) is 2. The number of hydrogen-bond acceptors (Lipinski definition) is 2. The number of aryl methyl sites for hydroxylation is 3. The molecule has 1 aromatic carbocycles. The van der Waals surface area contributed by atoms with Crippen LogP contribution in [0.1, 0.15) is 42.3 Å². The quantitative estimate of drug-likeness (QED) is 0.246. The zero-order valence-electron chi connectivity index (χ0n) is 16.7. The van der Waals surface area contributed by atoms with E-state index in [1.54, 1.807) is 0 Å². The van der Waals surface area contributed by atoms with Crippen molar-refractivity contribution in [2.24, 2.45) is 0 Å².